The van der Waals surface area contributed by atoms with Crippen LogP contribution >= 0.6 is 23.6 Å². The molecule has 3 rings (SSSR count). The fraction of sp³-hybridized carbons (Fsp3) is 0.333. The van der Waals surface area contributed by atoms with Gasteiger partial charge in [-0.1, -0.05) is 24.6 Å². The van der Waals surface area contributed by atoms with Gasteiger partial charge in [0, 0.05) is 30.3 Å². The number of rotatable bonds is 9. The maximum absolute atomic E-state index is 12.5. The first-order valence-electron chi connectivity index (χ1n) is 9.67. The molecule has 0 spiro atoms. The van der Waals surface area contributed by atoms with Crippen LogP contribution in [-0.2, 0) is 9.59 Å². The maximum atomic E-state index is 12.5. The van der Waals surface area contributed by atoms with Crippen LogP contribution in [0.1, 0.15) is 49.1 Å². The van der Waals surface area contributed by atoms with Gasteiger partial charge in [-0.2, -0.15) is 0 Å². The van der Waals surface area contributed by atoms with Crippen molar-refractivity contribution in [3.63, 3.8) is 0 Å². The number of amides is 1. The number of para-hydroxylation sites is 1. The van der Waals surface area contributed by atoms with Gasteiger partial charge in [0.05, 0.1) is 10.6 Å². The highest BCUT2D eigenvalue weighted by Crippen LogP contribution is 2.36. The number of aliphatic imine (C=N–C) groups is 1. The molecule has 1 amide bonds. The molecule has 1 unspecified atom stereocenters. The number of hydrogen-bond donors (Lipinski definition) is 3. The Kier molecular flexibility index (Phi) is 7.17. The molecule has 1 aliphatic heterocycles. The Labute approximate surface area is 183 Å². The summed E-state index contributed by atoms with van der Waals surface area (Å²) in [6.45, 7) is 2.14. The summed E-state index contributed by atoms with van der Waals surface area (Å²) >= 11 is 6.63. The van der Waals surface area contributed by atoms with E-state index < -0.39 is 12.0 Å². The molecule has 30 heavy (non-hydrogen) atoms. The molecule has 0 radical (unpaired) electrons. The van der Waals surface area contributed by atoms with Gasteiger partial charge >= 0.3 is 5.97 Å². The Morgan fingerprint density at radius 1 is 1.30 bits per heavy atom. The molecule has 1 aliphatic rings. The third kappa shape index (κ3) is 5.03. The summed E-state index contributed by atoms with van der Waals surface area (Å²) < 4.78 is 1.86. The van der Waals surface area contributed by atoms with Gasteiger partial charge in [-0.05, 0) is 44.1 Å². The van der Waals surface area contributed by atoms with E-state index in [1.165, 1.54) is 15.9 Å². The SMILES string of the molecule is CC(C(=O)NCCCCCC(=O)O)n1c(O)c(/C=C2\C=Nc3ccccc32)sc1=S. The van der Waals surface area contributed by atoms with E-state index in [1.54, 1.807) is 13.1 Å². The van der Waals surface area contributed by atoms with Crippen molar-refractivity contribution in [2.75, 3.05) is 6.54 Å². The second-order valence-corrected chi connectivity index (χ2v) is 8.65. The summed E-state index contributed by atoms with van der Waals surface area (Å²) in [6, 6.07) is 7.08. The van der Waals surface area contributed by atoms with Crippen LogP contribution in [0.2, 0.25) is 0 Å². The number of aliphatic carboxylic acids is 1. The number of carboxylic acids is 1. The summed E-state index contributed by atoms with van der Waals surface area (Å²) in [7, 11) is 0. The van der Waals surface area contributed by atoms with Gasteiger partial charge in [0.15, 0.2) is 3.95 Å². The first-order chi connectivity index (χ1) is 14.4. The van der Waals surface area contributed by atoms with Crippen LogP contribution in [0.4, 0.5) is 5.69 Å². The number of aromatic nitrogens is 1. The average Bonchev–Trinajstić information content (AvgIpc) is 3.24. The molecule has 0 aliphatic carbocycles. The molecule has 1 aromatic carbocycles. The predicted molar refractivity (Wildman–Crippen MR) is 121 cm³/mol. The minimum Gasteiger partial charge on any atom is -0.493 e. The number of thiazole rings is 1. The zero-order valence-electron chi connectivity index (χ0n) is 16.5. The molecule has 0 fully saturated rings. The zero-order valence-corrected chi connectivity index (χ0v) is 18.1. The molecule has 7 nitrogen and oxygen atoms in total. The average molecular weight is 446 g/mol. The number of allylic oxidation sites excluding steroid dienone is 1. The molecule has 2 heterocycles. The predicted octanol–water partition coefficient (Wildman–Crippen LogP) is 4.56. The number of carboxylic acid groups (broad SMARTS) is 1. The number of benzene rings is 1. The van der Waals surface area contributed by atoms with E-state index in [1.807, 2.05) is 30.3 Å². The number of carbonyl (C=O) groups is 2. The van der Waals surface area contributed by atoms with Gasteiger partial charge in [-0.15, -0.1) is 11.3 Å². The van der Waals surface area contributed by atoms with Crippen LogP contribution in [0.3, 0.4) is 0 Å². The van der Waals surface area contributed by atoms with Crippen molar-refractivity contribution in [1.29, 1.82) is 0 Å². The zero-order chi connectivity index (χ0) is 21.7. The fourth-order valence-electron chi connectivity index (χ4n) is 3.18. The highest BCUT2D eigenvalue weighted by atomic mass is 32.1. The maximum Gasteiger partial charge on any atom is 0.303 e. The molecule has 158 valence electrons. The van der Waals surface area contributed by atoms with Crippen LogP contribution in [0.15, 0.2) is 29.3 Å². The van der Waals surface area contributed by atoms with Crippen molar-refractivity contribution in [3.05, 3.63) is 38.7 Å². The molecule has 0 bridgehead atoms. The highest BCUT2D eigenvalue weighted by molar-refractivity contribution is 7.73. The van der Waals surface area contributed by atoms with Crippen LogP contribution in [-0.4, -0.2) is 39.4 Å². The molecule has 1 aromatic heterocycles. The lowest BCUT2D eigenvalue weighted by Crippen LogP contribution is -2.31. The van der Waals surface area contributed by atoms with Gasteiger partial charge in [-0.25, -0.2) is 0 Å². The van der Waals surface area contributed by atoms with E-state index in [0.29, 0.717) is 28.2 Å². The highest BCUT2D eigenvalue weighted by Gasteiger charge is 2.22. The smallest absolute Gasteiger partial charge is 0.303 e. The summed E-state index contributed by atoms with van der Waals surface area (Å²) in [5.41, 5.74) is 2.74. The van der Waals surface area contributed by atoms with E-state index in [-0.39, 0.29) is 18.2 Å². The van der Waals surface area contributed by atoms with Gasteiger partial charge < -0.3 is 15.5 Å². The van der Waals surface area contributed by atoms with Crippen LogP contribution < -0.4 is 5.32 Å². The topological polar surface area (TPSA) is 104 Å². The summed E-state index contributed by atoms with van der Waals surface area (Å²) in [5, 5.41) is 22.2. The number of unbranched alkanes of at least 4 members (excludes halogenated alkanes) is 2. The number of fused-ring (bicyclic) bond motifs is 1. The van der Waals surface area contributed by atoms with Crippen LogP contribution in [0, 0.1) is 3.95 Å². The number of nitrogens with one attached hydrogen (secondary N) is 1. The van der Waals surface area contributed by atoms with E-state index in [4.69, 9.17) is 17.3 Å². The Morgan fingerprint density at radius 2 is 2.07 bits per heavy atom. The molecular weight excluding hydrogens is 422 g/mol. The third-order valence-electron chi connectivity index (χ3n) is 4.82. The number of carbonyl (C=O) groups excluding carboxylic acids is 1. The van der Waals surface area contributed by atoms with Crippen molar-refractivity contribution < 1.29 is 19.8 Å². The number of aromatic hydroxyl groups is 1. The minimum atomic E-state index is -0.812. The van der Waals surface area contributed by atoms with Crippen LogP contribution in [0.5, 0.6) is 5.88 Å². The Bertz CT molecular complexity index is 1070. The van der Waals surface area contributed by atoms with Crippen LogP contribution in [0.25, 0.3) is 11.6 Å². The molecule has 2 aromatic rings. The van der Waals surface area contributed by atoms with E-state index in [2.05, 4.69) is 10.3 Å². The van der Waals surface area contributed by atoms with Crippen molar-refractivity contribution >= 4 is 59.0 Å². The normalized spacial score (nSPS) is 14.6. The molecule has 1 atom stereocenters. The van der Waals surface area contributed by atoms with E-state index >= 15 is 0 Å². The molecule has 0 saturated heterocycles. The van der Waals surface area contributed by atoms with E-state index in [9.17, 15) is 14.7 Å². The molecule has 9 heteroatoms. The third-order valence-corrected chi connectivity index (χ3v) is 6.16. The largest absolute Gasteiger partial charge is 0.493 e. The minimum absolute atomic E-state index is 0.0422. The number of hydrogen-bond acceptors (Lipinski definition) is 6. The standard InChI is InChI=1S/C21H23N3O4S2/c1-13(19(27)22-10-6-2-3-9-18(25)26)24-20(28)17(30-21(24)29)11-14-12-23-16-8-5-4-7-15(14)16/h4-5,7-8,11-13,28H,2-3,6,9-10H2,1H3,(H,22,27)(H,25,26)/b14-11+. The quantitative estimate of drug-likeness (QED) is 0.388. The van der Waals surface area contributed by atoms with Crippen molar-refractivity contribution in [2.24, 2.45) is 4.99 Å². The Balaban J connectivity index is 1.66. The van der Waals surface area contributed by atoms with E-state index in [0.717, 1.165) is 23.2 Å². The lowest BCUT2D eigenvalue weighted by Gasteiger charge is -2.14. The monoisotopic (exact) mass is 445 g/mol. The van der Waals surface area contributed by atoms with Gasteiger partial charge in [-0.3, -0.25) is 19.1 Å². The summed E-state index contributed by atoms with van der Waals surface area (Å²) in [5.74, 6) is -1.10. The molecular formula is C21H23N3O4S2. The van der Waals surface area contributed by atoms with Gasteiger partial charge in [0.1, 0.15) is 6.04 Å². The molecule has 3 N–H and O–H groups in total. The first kappa shape index (κ1) is 21.9. The number of nitrogens with zero attached hydrogens (tertiary/aromatic N) is 2. The van der Waals surface area contributed by atoms with Crippen molar-refractivity contribution in [2.45, 2.75) is 38.6 Å². The fourth-order valence-corrected chi connectivity index (χ4v) is 4.60. The van der Waals surface area contributed by atoms with Gasteiger partial charge in [0.25, 0.3) is 0 Å². The summed E-state index contributed by atoms with van der Waals surface area (Å²) in [6.07, 6.45) is 5.72. The Morgan fingerprint density at radius 3 is 2.83 bits per heavy atom. The Hall–Kier alpha value is -2.78. The lowest BCUT2D eigenvalue weighted by molar-refractivity contribution is -0.137. The first-order valence-corrected chi connectivity index (χ1v) is 10.9. The second-order valence-electron chi connectivity index (χ2n) is 6.97. The molecule has 0 saturated carbocycles. The second kappa shape index (κ2) is 9.82. The summed E-state index contributed by atoms with van der Waals surface area (Å²) in [4.78, 5) is 27.9. The van der Waals surface area contributed by atoms with Gasteiger partial charge in [0.2, 0.25) is 11.8 Å². The van der Waals surface area contributed by atoms with Crippen molar-refractivity contribution in [3.8, 4) is 5.88 Å². The van der Waals surface area contributed by atoms with Crippen molar-refractivity contribution in [1.82, 2.24) is 9.88 Å². The lowest BCUT2D eigenvalue weighted by atomic mass is 10.1.